The van der Waals surface area contributed by atoms with Gasteiger partial charge in [0.25, 0.3) is 0 Å². The molecule has 9 heteroatoms. The Kier molecular flexibility index (Phi) is 7.48. The van der Waals surface area contributed by atoms with Gasteiger partial charge in [0, 0.05) is 54.9 Å². The largest absolute Gasteiger partial charge is 0.508 e. The molecule has 0 spiro atoms. The highest BCUT2D eigenvalue weighted by atomic mass is 19.4. The third kappa shape index (κ3) is 5.83. The number of H-pyrrole nitrogens is 1. The van der Waals surface area contributed by atoms with Gasteiger partial charge in [0.2, 0.25) is 0 Å². The van der Waals surface area contributed by atoms with Gasteiger partial charge in [-0.3, -0.25) is 0 Å². The standard InChI is InChI=1S/C30H39F3N4O2/c1-28(2,24-17-23(9-10-26(24)38)36-11-5-3-6-12-36)20-29(39,30(31,32)33)18-22-15-21-16-27(34-19-25(21)35-22)37-13-7-4-8-14-37/h9-10,15-17,19,35,38-39H,3-8,11-14,18,20H2,1-2H3. The summed E-state index contributed by atoms with van der Waals surface area (Å²) in [6.07, 6.45) is 2.23. The van der Waals surface area contributed by atoms with Gasteiger partial charge in [-0.2, -0.15) is 13.2 Å². The van der Waals surface area contributed by atoms with Gasteiger partial charge in [0.15, 0.2) is 5.60 Å². The number of hydrogen-bond donors (Lipinski definition) is 3. The van der Waals surface area contributed by atoms with Crippen molar-refractivity contribution in [2.24, 2.45) is 0 Å². The molecule has 2 saturated heterocycles. The Morgan fingerprint density at radius 2 is 1.54 bits per heavy atom. The summed E-state index contributed by atoms with van der Waals surface area (Å²) in [5.74, 6) is 0.760. The Bertz CT molecular complexity index is 1290. The molecule has 2 aliphatic heterocycles. The van der Waals surface area contributed by atoms with E-state index in [-0.39, 0.29) is 5.75 Å². The van der Waals surface area contributed by atoms with Crippen LogP contribution < -0.4 is 9.80 Å². The summed E-state index contributed by atoms with van der Waals surface area (Å²) in [4.78, 5) is 12.0. The number of phenols is 1. The highest BCUT2D eigenvalue weighted by Crippen LogP contribution is 2.46. The number of fused-ring (bicyclic) bond motifs is 1. The first-order chi connectivity index (χ1) is 18.5. The summed E-state index contributed by atoms with van der Waals surface area (Å²) >= 11 is 0. The fraction of sp³-hybridized carbons (Fsp3) is 0.567. The van der Waals surface area contributed by atoms with Crippen molar-refractivity contribution < 1.29 is 23.4 Å². The van der Waals surface area contributed by atoms with Crippen LogP contribution in [0.3, 0.4) is 0 Å². The van der Waals surface area contributed by atoms with Crippen LogP contribution in [0.25, 0.3) is 10.9 Å². The minimum Gasteiger partial charge on any atom is -0.508 e. The fourth-order valence-electron chi connectivity index (χ4n) is 6.29. The average Bonchev–Trinajstić information content (AvgIpc) is 3.30. The predicted molar refractivity (Wildman–Crippen MR) is 149 cm³/mol. The molecule has 5 rings (SSSR count). The molecule has 1 unspecified atom stereocenters. The van der Waals surface area contributed by atoms with E-state index >= 15 is 0 Å². The molecule has 0 aliphatic carbocycles. The van der Waals surface area contributed by atoms with Crippen LogP contribution in [0.4, 0.5) is 24.7 Å². The molecule has 212 valence electrons. The molecule has 0 amide bonds. The van der Waals surface area contributed by atoms with Gasteiger partial charge in [0.05, 0.1) is 11.7 Å². The molecule has 1 atom stereocenters. The van der Waals surface area contributed by atoms with Gasteiger partial charge in [-0.25, -0.2) is 4.98 Å². The molecule has 0 saturated carbocycles. The molecule has 2 aliphatic rings. The molecule has 4 heterocycles. The van der Waals surface area contributed by atoms with E-state index in [4.69, 9.17) is 0 Å². The number of alkyl halides is 3. The van der Waals surface area contributed by atoms with Crippen molar-refractivity contribution in [1.82, 2.24) is 9.97 Å². The number of phenolic OH excluding ortho intramolecular Hbond substituents is 1. The van der Waals surface area contributed by atoms with E-state index in [2.05, 4.69) is 19.8 Å². The van der Waals surface area contributed by atoms with E-state index < -0.39 is 30.0 Å². The third-order valence-corrected chi connectivity index (χ3v) is 8.40. The number of aromatic amines is 1. The van der Waals surface area contributed by atoms with E-state index in [1.165, 1.54) is 6.42 Å². The predicted octanol–water partition coefficient (Wildman–Crippen LogP) is 6.45. The molecule has 6 nitrogen and oxygen atoms in total. The quantitative estimate of drug-likeness (QED) is 0.319. The van der Waals surface area contributed by atoms with Crippen LogP contribution in [0, 0.1) is 0 Å². The Morgan fingerprint density at radius 3 is 2.18 bits per heavy atom. The minimum atomic E-state index is -4.88. The molecule has 2 fully saturated rings. The first-order valence-corrected chi connectivity index (χ1v) is 14.1. The van der Waals surface area contributed by atoms with Crippen molar-refractivity contribution in [3.8, 4) is 5.75 Å². The number of piperidine rings is 2. The molecular weight excluding hydrogens is 505 g/mol. The van der Waals surface area contributed by atoms with E-state index in [9.17, 15) is 23.4 Å². The second-order valence-corrected chi connectivity index (χ2v) is 12.0. The summed E-state index contributed by atoms with van der Waals surface area (Å²) in [6.45, 7) is 6.91. The molecule has 3 N–H and O–H groups in total. The minimum absolute atomic E-state index is 0.0628. The van der Waals surface area contributed by atoms with Crippen LogP contribution in [0.1, 0.15) is 70.1 Å². The molecule has 0 bridgehead atoms. The summed E-state index contributed by atoms with van der Waals surface area (Å²) in [6, 6.07) is 8.74. The lowest BCUT2D eigenvalue weighted by Crippen LogP contribution is -2.50. The number of nitrogens with zero attached hydrogens (tertiary/aromatic N) is 3. The highest BCUT2D eigenvalue weighted by Gasteiger charge is 2.56. The lowest BCUT2D eigenvalue weighted by atomic mass is 9.73. The van der Waals surface area contributed by atoms with Crippen LogP contribution in [0.5, 0.6) is 5.75 Å². The number of benzene rings is 1. The number of aromatic hydroxyl groups is 1. The molecule has 1 aromatic carbocycles. The van der Waals surface area contributed by atoms with Crippen molar-refractivity contribution >= 4 is 22.4 Å². The zero-order valence-corrected chi connectivity index (χ0v) is 22.8. The van der Waals surface area contributed by atoms with Crippen molar-refractivity contribution in [2.45, 2.75) is 82.4 Å². The van der Waals surface area contributed by atoms with Crippen LogP contribution in [-0.2, 0) is 11.8 Å². The van der Waals surface area contributed by atoms with Crippen LogP contribution in [0.2, 0.25) is 0 Å². The number of aliphatic hydroxyl groups is 1. The van der Waals surface area contributed by atoms with Gasteiger partial charge >= 0.3 is 6.18 Å². The number of rotatable bonds is 7. The Balaban J connectivity index is 1.41. The number of aromatic nitrogens is 2. The van der Waals surface area contributed by atoms with Gasteiger partial charge in [0.1, 0.15) is 11.6 Å². The normalized spacial score (nSPS) is 18.9. The van der Waals surface area contributed by atoms with E-state index in [1.54, 1.807) is 38.2 Å². The van der Waals surface area contributed by atoms with Crippen molar-refractivity contribution in [3.63, 3.8) is 0 Å². The Hall–Kier alpha value is -2.94. The SMILES string of the molecule is CC(C)(CC(O)(Cc1cc2cc(N3CCCCC3)ncc2[nH]1)C(F)(F)F)c1cc(N2CCCCC2)ccc1O. The maximum atomic E-state index is 14.5. The summed E-state index contributed by atoms with van der Waals surface area (Å²) < 4.78 is 43.5. The number of pyridine rings is 1. The van der Waals surface area contributed by atoms with Gasteiger partial charge in [-0.15, -0.1) is 0 Å². The second kappa shape index (κ2) is 10.6. The first-order valence-electron chi connectivity index (χ1n) is 14.1. The number of nitrogens with one attached hydrogen (secondary N) is 1. The van der Waals surface area contributed by atoms with Crippen LogP contribution in [-0.4, -0.2) is 58.1 Å². The third-order valence-electron chi connectivity index (χ3n) is 8.40. The summed E-state index contributed by atoms with van der Waals surface area (Å²) in [5, 5.41) is 22.7. The average molecular weight is 545 g/mol. The number of halogens is 3. The summed E-state index contributed by atoms with van der Waals surface area (Å²) in [5.41, 5.74) is -1.94. The lowest BCUT2D eigenvalue weighted by Gasteiger charge is -2.38. The molecule has 3 aromatic rings. The monoisotopic (exact) mass is 544 g/mol. The lowest BCUT2D eigenvalue weighted by molar-refractivity contribution is -0.266. The van der Waals surface area contributed by atoms with Crippen molar-refractivity contribution in [3.05, 3.63) is 47.8 Å². The van der Waals surface area contributed by atoms with Gasteiger partial charge in [-0.05, 0) is 80.7 Å². The number of hydrogen-bond acceptors (Lipinski definition) is 5. The molecule has 0 radical (unpaired) electrons. The topological polar surface area (TPSA) is 75.6 Å². The molecule has 39 heavy (non-hydrogen) atoms. The fourth-order valence-corrected chi connectivity index (χ4v) is 6.29. The second-order valence-electron chi connectivity index (χ2n) is 12.0. The van der Waals surface area contributed by atoms with Crippen LogP contribution >= 0.6 is 0 Å². The first kappa shape index (κ1) is 27.6. The van der Waals surface area contributed by atoms with E-state index in [0.29, 0.717) is 16.8 Å². The Morgan fingerprint density at radius 1 is 0.897 bits per heavy atom. The van der Waals surface area contributed by atoms with E-state index in [1.807, 2.05) is 12.1 Å². The zero-order valence-electron chi connectivity index (χ0n) is 22.8. The van der Waals surface area contributed by atoms with Crippen LogP contribution in [0.15, 0.2) is 36.5 Å². The highest BCUT2D eigenvalue weighted by molar-refractivity contribution is 5.82. The maximum Gasteiger partial charge on any atom is 0.417 e. The van der Waals surface area contributed by atoms with E-state index in [0.717, 1.165) is 75.2 Å². The molecular formula is C30H39F3N4O2. The number of anilines is 2. The van der Waals surface area contributed by atoms with Gasteiger partial charge < -0.3 is 25.0 Å². The summed E-state index contributed by atoms with van der Waals surface area (Å²) in [7, 11) is 0. The maximum absolute atomic E-state index is 14.5. The van der Waals surface area contributed by atoms with Crippen molar-refractivity contribution in [1.29, 1.82) is 0 Å². The molecule has 2 aromatic heterocycles. The smallest absolute Gasteiger partial charge is 0.417 e. The zero-order chi connectivity index (χ0) is 27.8. The van der Waals surface area contributed by atoms with Gasteiger partial charge in [-0.1, -0.05) is 13.8 Å². The Labute approximate surface area is 227 Å². The van der Waals surface area contributed by atoms with Crippen molar-refractivity contribution in [2.75, 3.05) is 36.0 Å².